The average Bonchev–Trinajstić information content (AvgIpc) is 2.74. The highest BCUT2D eigenvalue weighted by Crippen LogP contribution is 2.20. The van der Waals surface area contributed by atoms with Crippen molar-refractivity contribution in [3.05, 3.63) is 33.1 Å². The Morgan fingerprint density at radius 3 is 3.00 bits per heavy atom. The smallest absolute Gasteiger partial charge is 0.300 e. The predicted octanol–water partition coefficient (Wildman–Crippen LogP) is 1.08. The number of hydrogen-bond acceptors (Lipinski definition) is 5. The molecule has 0 aliphatic carbocycles. The quantitative estimate of drug-likeness (QED) is 0.510. The van der Waals surface area contributed by atoms with Gasteiger partial charge in [0.25, 0.3) is 11.6 Å². The first-order valence-corrected chi connectivity index (χ1v) is 6.14. The molecule has 2 rings (SSSR count). The highest BCUT2D eigenvalue weighted by atomic mass is 35.5. The lowest BCUT2D eigenvalue weighted by Crippen LogP contribution is -2.36. The van der Waals surface area contributed by atoms with Crippen LogP contribution in [0.5, 0.6) is 0 Å². The number of likely N-dealkylation sites (N-methyl/N-ethyl adjacent to an activating group) is 1. The van der Waals surface area contributed by atoms with Gasteiger partial charge in [-0.1, -0.05) is 11.6 Å². The van der Waals surface area contributed by atoms with E-state index in [0.29, 0.717) is 0 Å². The molecule has 19 heavy (non-hydrogen) atoms. The third-order valence-corrected chi connectivity index (χ3v) is 3.22. The average molecular weight is 285 g/mol. The summed E-state index contributed by atoms with van der Waals surface area (Å²) in [6.45, 7) is 1.63. The maximum atomic E-state index is 12.1. The zero-order valence-corrected chi connectivity index (χ0v) is 11.1. The van der Waals surface area contributed by atoms with E-state index in [1.165, 1.54) is 6.07 Å². The largest absolute Gasteiger partial charge is 0.348 e. The summed E-state index contributed by atoms with van der Waals surface area (Å²) in [6.07, 6.45) is 1.83. The lowest BCUT2D eigenvalue weighted by molar-refractivity contribution is -0.385. The van der Waals surface area contributed by atoms with Crippen molar-refractivity contribution in [3.8, 4) is 0 Å². The van der Waals surface area contributed by atoms with Crippen LogP contribution >= 0.6 is 11.6 Å². The van der Waals surface area contributed by atoms with Gasteiger partial charge >= 0.3 is 0 Å². The molecule has 1 amide bonds. The number of likely N-dealkylation sites (tertiary alicyclic amines) is 1. The number of carbonyl (C=O) groups is 1. The molecule has 7 nitrogen and oxygen atoms in total. The lowest BCUT2D eigenvalue weighted by Gasteiger charge is -2.12. The van der Waals surface area contributed by atoms with Gasteiger partial charge in [0.2, 0.25) is 0 Å². The molecule has 8 heteroatoms. The van der Waals surface area contributed by atoms with Gasteiger partial charge in [-0.2, -0.15) is 0 Å². The number of rotatable bonds is 3. The molecule has 102 valence electrons. The number of nitro groups is 1. The molecule has 1 N–H and O–H groups in total. The van der Waals surface area contributed by atoms with E-state index in [1.54, 1.807) is 0 Å². The third-order valence-electron chi connectivity index (χ3n) is 3.02. The second-order valence-corrected chi connectivity index (χ2v) is 4.89. The first-order chi connectivity index (χ1) is 8.97. The molecule has 1 saturated heterocycles. The van der Waals surface area contributed by atoms with Crippen LogP contribution < -0.4 is 5.32 Å². The molecule has 1 aliphatic rings. The molecule has 0 bridgehead atoms. The summed E-state index contributed by atoms with van der Waals surface area (Å²) in [5, 5.41) is 13.7. The van der Waals surface area contributed by atoms with E-state index in [9.17, 15) is 14.9 Å². The van der Waals surface area contributed by atoms with Crippen LogP contribution in [0.25, 0.3) is 0 Å². The highest BCUT2D eigenvalue weighted by molar-refractivity contribution is 6.29. The van der Waals surface area contributed by atoms with Crippen LogP contribution in [0.15, 0.2) is 12.3 Å². The molecule has 1 fully saturated rings. The molecule has 1 aromatic rings. The van der Waals surface area contributed by atoms with Crippen molar-refractivity contribution in [3.63, 3.8) is 0 Å². The van der Waals surface area contributed by atoms with E-state index in [1.807, 2.05) is 7.05 Å². The third kappa shape index (κ3) is 3.18. The minimum absolute atomic E-state index is 0.00375. The van der Waals surface area contributed by atoms with E-state index in [-0.39, 0.29) is 22.4 Å². The van der Waals surface area contributed by atoms with Crippen LogP contribution in [0.2, 0.25) is 5.15 Å². The van der Waals surface area contributed by atoms with Crippen LogP contribution in [0.3, 0.4) is 0 Å². The first kappa shape index (κ1) is 13.7. The minimum atomic E-state index is -0.640. The summed E-state index contributed by atoms with van der Waals surface area (Å²) in [6, 6.07) is 1.22. The molecule has 2 heterocycles. The van der Waals surface area contributed by atoms with E-state index in [0.717, 1.165) is 25.7 Å². The molecule has 0 radical (unpaired) electrons. The fraction of sp³-hybridized carbons (Fsp3) is 0.455. The molecule has 0 aromatic carbocycles. The fourth-order valence-corrected chi connectivity index (χ4v) is 2.22. The molecule has 1 aliphatic heterocycles. The van der Waals surface area contributed by atoms with Crippen molar-refractivity contribution < 1.29 is 9.72 Å². The molecular weight excluding hydrogens is 272 g/mol. The van der Waals surface area contributed by atoms with Gasteiger partial charge in [-0.25, -0.2) is 4.98 Å². The van der Waals surface area contributed by atoms with Gasteiger partial charge in [0, 0.05) is 12.6 Å². The van der Waals surface area contributed by atoms with Crippen molar-refractivity contribution in [1.29, 1.82) is 0 Å². The Morgan fingerprint density at radius 2 is 2.42 bits per heavy atom. The Bertz CT molecular complexity index is 523. The van der Waals surface area contributed by atoms with E-state index >= 15 is 0 Å². The summed E-state index contributed by atoms with van der Waals surface area (Å²) in [5.41, 5.74) is -0.396. The number of amides is 1. The van der Waals surface area contributed by atoms with Crippen LogP contribution in [0, 0.1) is 10.1 Å². The Hall–Kier alpha value is -1.73. The second kappa shape index (κ2) is 5.50. The van der Waals surface area contributed by atoms with Gasteiger partial charge in [0.1, 0.15) is 16.9 Å². The molecule has 1 aromatic heterocycles. The van der Waals surface area contributed by atoms with Gasteiger partial charge in [-0.3, -0.25) is 14.9 Å². The van der Waals surface area contributed by atoms with Crippen LogP contribution in [-0.2, 0) is 0 Å². The summed E-state index contributed by atoms with van der Waals surface area (Å²) in [5.74, 6) is -0.490. The molecular formula is C11H13ClN4O3. The number of carbonyl (C=O) groups excluding carboxylic acids is 1. The number of pyridine rings is 1. The van der Waals surface area contributed by atoms with Crippen molar-refractivity contribution in [2.45, 2.75) is 12.5 Å². The van der Waals surface area contributed by atoms with Crippen molar-refractivity contribution in [2.75, 3.05) is 20.1 Å². The number of aromatic nitrogens is 1. The van der Waals surface area contributed by atoms with Crippen molar-refractivity contribution in [1.82, 2.24) is 15.2 Å². The topological polar surface area (TPSA) is 88.4 Å². The standard InChI is InChI=1S/C11H13ClN4O3/c1-15-3-2-7(6-15)14-11(17)8-4-10(12)13-5-9(8)16(18)19/h4-5,7H,2-3,6H2,1H3,(H,14,17). The second-order valence-electron chi connectivity index (χ2n) is 4.50. The number of hydrogen-bond donors (Lipinski definition) is 1. The Balaban J connectivity index is 2.18. The molecule has 1 unspecified atom stereocenters. The van der Waals surface area contributed by atoms with Crippen LogP contribution in [-0.4, -0.2) is 46.9 Å². The van der Waals surface area contributed by atoms with Gasteiger partial charge in [-0.05, 0) is 26.1 Å². The Labute approximate surface area is 114 Å². The number of nitrogens with zero attached hydrogens (tertiary/aromatic N) is 3. The van der Waals surface area contributed by atoms with E-state index in [4.69, 9.17) is 11.6 Å². The maximum absolute atomic E-state index is 12.1. The van der Waals surface area contributed by atoms with Crippen LogP contribution in [0.4, 0.5) is 5.69 Å². The minimum Gasteiger partial charge on any atom is -0.348 e. The van der Waals surface area contributed by atoms with Gasteiger partial charge < -0.3 is 10.2 Å². The lowest BCUT2D eigenvalue weighted by atomic mass is 10.2. The van der Waals surface area contributed by atoms with Gasteiger partial charge in [0.15, 0.2) is 0 Å². The summed E-state index contributed by atoms with van der Waals surface area (Å²) in [4.78, 5) is 28.0. The summed E-state index contributed by atoms with van der Waals surface area (Å²) < 4.78 is 0. The summed E-state index contributed by atoms with van der Waals surface area (Å²) in [7, 11) is 1.96. The van der Waals surface area contributed by atoms with E-state index in [2.05, 4.69) is 15.2 Å². The Kier molecular flexibility index (Phi) is 3.96. The zero-order valence-electron chi connectivity index (χ0n) is 10.3. The Morgan fingerprint density at radius 1 is 1.68 bits per heavy atom. The van der Waals surface area contributed by atoms with Gasteiger partial charge in [0.05, 0.1) is 4.92 Å². The van der Waals surface area contributed by atoms with Crippen molar-refractivity contribution >= 4 is 23.2 Å². The molecule has 0 spiro atoms. The summed E-state index contributed by atoms with van der Waals surface area (Å²) >= 11 is 5.68. The van der Waals surface area contributed by atoms with Gasteiger partial charge in [-0.15, -0.1) is 0 Å². The van der Waals surface area contributed by atoms with Crippen molar-refractivity contribution in [2.24, 2.45) is 0 Å². The normalized spacial score (nSPS) is 19.4. The van der Waals surface area contributed by atoms with E-state index < -0.39 is 10.8 Å². The number of halogens is 1. The molecule has 0 saturated carbocycles. The fourth-order valence-electron chi connectivity index (χ4n) is 2.07. The zero-order chi connectivity index (χ0) is 14.0. The first-order valence-electron chi connectivity index (χ1n) is 5.76. The monoisotopic (exact) mass is 284 g/mol. The maximum Gasteiger partial charge on any atom is 0.300 e. The predicted molar refractivity (Wildman–Crippen MR) is 69.3 cm³/mol. The SMILES string of the molecule is CN1CCC(NC(=O)c2cc(Cl)ncc2[N+](=O)[O-])C1. The molecule has 1 atom stereocenters. The van der Waals surface area contributed by atoms with Crippen LogP contribution in [0.1, 0.15) is 16.8 Å². The highest BCUT2D eigenvalue weighted by Gasteiger charge is 2.26. The number of nitrogens with one attached hydrogen (secondary N) is 1.